The second-order valence-corrected chi connectivity index (χ2v) is 10.1. The molecule has 0 unspecified atom stereocenters. The molecule has 176 valence electrons. The zero-order chi connectivity index (χ0) is 23.9. The fourth-order valence-electron chi connectivity index (χ4n) is 4.50. The van der Waals surface area contributed by atoms with Crippen LogP contribution in [0.3, 0.4) is 0 Å². The second-order valence-electron chi connectivity index (χ2n) is 10.1. The van der Waals surface area contributed by atoms with Gasteiger partial charge in [0.2, 0.25) is 0 Å². The van der Waals surface area contributed by atoms with Crippen LogP contribution < -0.4 is 0 Å². The Kier molecular flexibility index (Phi) is 7.64. The highest BCUT2D eigenvalue weighted by Gasteiger charge is 2.38. The minimum absolute atomic E-state index is 0.314. The standard InChI is InChI=1S/C31H36N2O/c1-30(2,3)21-23-34-22-13-20-29-24-33(25-32-29)31(26-14-7-4-8-15-26,27-16-9-5-10-17-27)28-18-11-6-12-19-28/h4-12,14-19,24-25H,13,20-23H2,1-3H3. The van der Waals surface area contributed by atoms with Crippen molar-refractivity contribution in [2.75, 3.05) is 13.2 Å². The summed E-state index contributed by atoms with van der Waals surface area (Å²) in [7, 11) is 0. The van der Waals surface area contributed by atoms with E-state index in [2.05, 4.69) is 123 Å². The summed E-state index contributed by atoms with van der Waals surface area (Å²) in [4.78, 5) is 4.82. The van der Waals surface area contributed by atoms with Gasteiger partial charge in [-0.15, -0.1) is 0 Å². The summed E-state index contributed by atoms with van der Waals surface area (Å²) < 4.78 is 8.16. The topological polar surface area (TPSA) is 27.1 Å². The monoisotopic (exact) mass is 452 g/mol. The van der Waals surface area contributed by atoms with Crippen LogP contribution in [0.1, 0.15) is 56.0 Å². The van der Waals surface area contributed by atoms with Gasteiger partial charge in [-0.05, 0) is 41.4 Å². The van der Waals surface area contributed by atoms with Gasteiger partial charge in [-0.25, -0.2) is 4.98 Å². The van der Waals surface area contributed by atoms with Crippen LogP contribution in [0.2, 0.25) is 0 Å². The molecule has 0 amide bonds. The van der Waals surface area contributed by atoms with Crippen molar-refractivity contribution in [3.8, 4) is 0 Å². The third kappa shape index (κ3) is 5.48. The molecule has 0 saturated carbocycles. The van der Waals surface area contributed by atoms with E-state index in [-0.39, 0.29) is 0 Å². The molecule has 0 spiro atoms. The fraction of sp³-hybridized carbons (Fsp3) is 0.323. The lowest BCUT2D eigenvalue weighted by Crippen LogP contribution is -2.36. The van der Waals surface area contributed by atoms with E-state index < -0.39 is 5.54 Å². The first-order valence-electron chi connectivity index (χ1n) is 12.3. The highest BCUT2D eigenvalue weighted by Crippen LogP contribution is 2.40. The van der Waals surface area contributed by atoms with Gasteiger partial charge < -0.3 is 9.30 Å². The third-order valence-electron chi connectivity index (χ3n) is 6.32. The van der Waals surface area contributed by atoms with E-state index >= 15 is 0 Å². The van der Waals surface area contributed by atoms with Crippen LogP contribution in [0.25, 0.3) is 0 Å². The van der Waals surface area contributed by atoms with Crippen LogP contribution in [0.5, 0.6) is 0 Å². The average Bonchev–Trinajstić information content (AvgIpc) is 3.32. The summed E-state index contributed by atoms with van der Waals surface area (Å²) in [5, 5.41) is 0. The Morgan fingerprint density at radius 3 is 1.68 bits per heavy atom. The van der Waals surface area contributed by atoms with Gasteiger partial charge in [0.1, 0.15) is 5.54 Å². The van der Waals surface area contributed by atoms with E-state index in [1.807, 2.05) is 6.33 Å². The summed E-state index contributed by atoms with van der Waals surface area (Å²) in [6.07, 6.45) is 7.15. The molecule has 1 heterocycles. The van der Waals surface area contributed by atoms with Gasteiger partial charge in [0.15, 0.2) is 0 Å². The largest absolute Gasteiger partial charge is 0.381 e. The van der Waals surface area contributed by atoms with Crippen molar-refractivity contribution in [2.24, 2.45) is 5.41 Å². The molecular formula is C31H36N2O. The molecule has 0 fully saturated rings. The van der Waals surface area contributed by atoms with Gasteiger partial charge in [0.25, 0.3) is 0 Å². The minimum Gasteiger partial charge on any atom is -0.381 e. The van der Waals surface area contributed by atoms with Crippen molar-refractivity contribution < 1.29 is 4.74 Å². The number of hydrogen-bond acceptors (Lipinski definition) is 2. The first-order valence-corrected chi connectivity index (χ1v) is 12.3. The SMILES string of the molecule is CC(C)(C)CCOCCCc1cn(C(c2ccccc2)(c2ccccc2)c2ccccc2)cn1. The minimum atomic E-state index is -0.502. The van der Waals surface area contributed by atoms with Gasteiger partial charge >= 0.3 is 0 Å². The number of aryl methyl sites for hydroxylation is 1. The molecule has 0 bridgehead atoms. The van der Waals surface area contributed by atoms with Crippen molar-refractivity contribution in [3.05, 3.63) is 126 Å². The third-order valence-corrected chi connectivity index (χ3v) is 6.32. The van der Waals surface area contributed by atoms with Gasteiger partial charge in [0, 0.05) is 19.4 Å². The van der Waals surface area contributed by atoms with E-state index in [0.717, 1.165) is 38.2 Å². The second kappa shape index (κ2) is 10.8. The molecule has 3 nitrogen and oxygen atoms in total. The number of rotatable bonds is 10. The summed E-state index contributed by atoms with van der Waals surface area (Å²) in [5.74, 6) is 0. The van der Waals surface area contributed by atoms with Crippen molar-refractivity contribution in [1.82, 2.24) is 9.55 Å². The highest BCUT2D eigenvalue weighted by atomic mass is 16.5. The Bertz CT molecular complexity index is 1030. The summed E-state index contributed by atoms with van der Waals surface area (Å²) in [6.45, 7) is 8.34. The maximum Gasteiger partial charge on any atom is 0.121 e. The normalized spacial score (nSPS) is 12.1. The number of aromatic nitrogens is 2. The lowest BCUT2D eigenvalue weighted by atomic mass is 9.77. The molecule has 0 atom stereocenters. The Morgan fingerprint density at radius 2 is 1.21 bits per heavy atom. The van der Waals surface area contributed by atoms with Crippen LogP contribution in [0.15, 0.2) is 104 Å². The number of ether oxygens (including phenoxy) is 1. The molecule has 34 heavy (non-hydrogen) atoms. The molecule has 1 aromatic heterocycles. The van der Waals surface area contributed by atoms with Crippen LogP contribution in [-0.4, -0.2) is 22.8 Å². The van der Waals surface area contributed by atoms with Crippen LogP contribution in [-0.2, 0) is 16.7 Å². The highest BCUT2D eigenvalue weighted by molar-refractivity contribution is 5.50. The predicted molar refractivity (Wildman–Crippen MR) is 140 cm³/mol. The average molecular weight is 453 g/mol. The summed E-state index contributed by atoms with van der Waals surface area (Å²) in [5.41, 5.74) is 4.53. The van der Waals surface area contributed by atoms with E-state index in [9.17, 15) is 0 Å². The molecule has 0 aliphatic rings. The Balaban J connectivity index is 1.64. The van der Waals surface area contributed by atoms with Crippen molar-refractivity contribution in [2.45, 2.75) is 45.6 Å². The molecule has 3 aromatic carbocycles. The first-order chi connectivity index (χ1) is 16.5. The molecule has 4 aromatic rings. The van der Waals surface area contributed by atoms with Crippen molar-refractivity contribution >= 4 is 0 Å². The number of nitrogens with zero attached hydrogens (tertiary/aromatic N) is 2. The number of imidazole rings is 1. The Labute approximate surface area is 204 Å². The molecule has 3 heteroatoms. The van der Waals surface area contributed by atoms with E-state index in [1.54, 1.807) is 0 Å². The zero-order valence-corrected chi connectivity index (χ0v) is 20.7. The van der Waals surface area contributed by atoms with Gasteiger partial charge in [-0.3, -0.25) is 0 Å². The van der Waals surface area contributed by atoms with Crippen LogP contribution in [0, 0.1) is 5.41 Å². The predicted octanol–water partition coefficient (Wildman–Crippen LogP) is 7.11. The molecule has 0 aliphatic carbocycles. The van der Waals surface area contributed by atoms with Crippen molar-refractivity contribution in [1.29, 1.82) is 0 Å². The lowest BCUT2D eigenvalue weighted by Gasteiger charge is -2.37. The number of benzene rings is 3. The Morgan fingerprint density at radius 1 is 0.706 bits per heavy atom. The van der Waals surface area contributed by atoms with Gasteiger partial charge in [-0.2, -0.15) is 0 Å². The summed E-state index contributed by atoms with van der Waals surface area (Å²) >= 11 is 0. The van der Waals surface area contributed by atoms with Crippen molar-refractivity contribution in [3.63, 3.8) is 0 Å². The zero-order valence-electron chi connectivity index (χ0n) is 20.7. The molecule has 4 rings (SSSR count). The molecule has 0 saturated heterocycles. The first kappa shape index (κ1) is 24.0. The van der Waals surface area contributed by atoms with Gasteiger partial charge in [0.05, 0.1) is 12.0 Å². The maximum atomic E-state index is 5.88. The molecular weight excluding hydrogens is 416 g/mol. The van der Waals surface area contributed by atoms with Crippen LogP contribution >= 0.6 is 0 Å². The fourth-order valence-corrected chi connectivity index (χ4v) is 4.50. The maximum absolute atomic E-state index is 5.88. The lowest BCUT2D eigenvalue weighted by molar-refractivity contribution is 0.106. The Hall–Kier alpha value is -3.17. The quantitative estimate of drug-likeness (QED) is 0.189. The molecule has 0 N–H and O–H groups in total. The van der Waals surface area contributed by atoms with E-state index in [1.165, 1.54) is 16.7 Å². The summed E-state index contributed by atoms with van der Waals surface area (Å²) in [6, 6.07) is 32.2. The van der Waals surface area contributed by atoms with Gasteiger partial charge in [-0.1, -0.05) is 112 Å². The smallest absolute Gasteiger partial charge is 0.121 e. The molecule has 0 radical (unpaired) electrons. The van der Waals surface area contributed by atoms with Crippen LogP contribution in [0.4, 0.5) is 0 Å². The molecule has 0 aliphatic heterocycles. The number of hydrogen-bond donors (Lipinski definition) is 0. The van der Waals surface area contributed by atoms with E-state index in [0.29, 0.717) is 5.41 Å². The van der Waals surface area contributed by atoms with E-state index in [4.69, 9.17) is 9.72 Å².